The molecule has 0 spiro atoms. The van der Waals surface area contributed by atoms with Gasteiger partial charge in [-0.3, -0.25) is 0 Å². The second-order valence-electron chi connectivity index (χ2n) is 8.44. The van der Waals surface area contributed by atoms with Crippen molar-refractivity contribution in [3.63, 3.8) is 0 Å². The number of sulfonamides is 1. The van der Waals surface area contributed by atoms with Crippen LogP contribution >= 0.6 is 0 Å². The molecule has 0 N–H and O–H groups in total. The standard InChI is InChI=1S/C23H26F4N2O4S/c24-21-3-1-2-4-22(21)32-18-11-13-28(14-12-18)17-9-15-29(16-10-17)34(30,31)20-7-5-19(6-8-20)33-23(25,26)27/h1-8,17-18H,9-16H2. The molecule has 2 aliphatic rings. The molecule has 0 saturated carbocycles. The first-order valence-corrected chi connectivity index (χ1v) is 12.6. The minimum absolute atomic E-state index is 0.0575. The Hall–Kier alpha value is -2.37. The van der Waals surface area contributed by atoms with Gasteiger partial charge in [-0.15, -0.1) is 13.2 Å². The molecular formula is C23H26F4N2O4S. The highest BCUT2D eigenvalue weighted by molar-refractivity contribution is 7.89. The Morgan fingerprint density at radius 1 is 0.853 bits per heavy atom. The van der Waals surface area contributed by atoms with Gasteiger partial charge in [-0.1, -0.05) is 12.1 Å². The maximum atomic E-state index is 13.8. The van der Waals surface area contributed by atoms with Gasteiger partial charge in [0.1, 0.15) is 11.9 Å². The minimum atomic E-state index is -4.83. The van der Waals surface area contributed by atoms with E-state index in [9.17, 15) is 26.0 Å². The average Bonchev–Trinajstić information content (AvgIpc) is 2.80. The molecule has 6 nitrogen and oxygen atoms in total. The number of halogens is 4. The number of para-hydroxylation sites is 1. The number of hydrogen-bond donors (Lipinski definition) is 0. The zero-order chi connectivity index (χ0) is 24.3. The van der Waals surface area contributed by atoms with E-state index in [4.69, 9.17) is 4.74 Å². The Morgan fingerprint density at radius 3 is 2.06 bits per heavy atom. The Kier molecular flexibility index (Phi) is 7.34. The zero-order valence-electron chi connectivity index (χ0n) is 18.4. The Morgan fingerprint density at radius 2 is 1.47 bits per heavy atom. The monoisotopic (exact) mass is 502 g/mol. The summed E-state index contributed by atoms with van der Waals surface area (Å²) in [6.07, 6.45) is -2.04. The van der Waals surface area contributed by atoms with Crippen molar-refractivity contribution in [3.8, 4) is 11.5 Å². The van der Waals surface area contributed by atoms with Gasteiger partial charge in [-0.2, -0.15) is 4.31 Å². The lowest BCUT2D eigenvalue weighted by molar-refractivity contribution is -0.274. The van der Waals surface area contributed by atoms with Crippen LogP contribution in [-0.4, -0.2) is 62.3 Å². The van der Waals surface area contributed by atoms with Crippen molar-refractivity contribution in [3.05, 3.63) is 54.3 Å². The van der Waals surface area contributed by atoms with E-state index in [0.29, 0.717) is 25.9 Å². The molecule has 0 radical (unpaired) electrons. The van der Waals surface area contributed by atoms with Gasteiger partial charge in [0, 0.05) is 32.2 Å². The lowest BCUT2D eigenvalue weighted by Gasteiger charge is -2.41. The van der Waals surface area contributed by atoms with E-state index in [1.54, 1.807) is 18.2 Å². The van der Waals surface area contributed by atoms with Crippen molar-refractivity contribution < 1.29 is 35.5 Å². The molecule has 2 aliphatic heterocycles. The van der Waals surface area contributed by atoms with Gasteiger partial charge in [-0.05, 0) is 62.1 Å². The van der Waals surface area contributed by atoms with E-state index in [1.807, 2.05) is 0 Å². The van der Waals surface area contributed by atoms with Gasteiger partial charge >= 0.3 is 6.36 Å². The van der Waals surface area contributed by atoms with E-state index >= 15 is 0 Å². The zero-order valence-corrected chi connectivity index (χ0v) is 19.2. The van der Waals surface area contributed by atoms with Gasteiger partial charge in [0.2, 0.25) is 10.0 Å². The van der Waals surface area contributed by atoms with Crippen LogP contribution in [0.2, 0.25) is 0 Å². The number of benzene rings is 2. The highest BCUT2D eigenvalue weighted by Crippen LogP contribution is 2.29. The summed E-state index contributed by atoms with van der Waals surface area (Å²) in [6, 6.07) is 10.8. The first-order chi connectivity index (χ1) is 16.1. The molecule has 0 unspecified atom stereocenters. The third-order valence-corrected chi connectivity index (χ3v) is 8.15. The third kappa shape index (κ3) is 6.00. The average molecular weight is 503 g/mol. The van der Waals surface area contributed by atoms with Gasteiger partial charge in [0.15, 0.2) is 11.6 Å². The van der Waals surface area contributed by atoms with Crippen molar-refractivity contribution in [1.82, 2.24) is 9.21 Å². The molecule has 2 heterocycles. The van der Waals surface area contributed by atoms with E-state index in [2.05, 4.69) is 9.64 Å². The predicted octanol–water partition coefficient (Wildman–Crippen LogP) is 4.42. The molecule has 11 heteroatoms. The molecular weight excluding hydrogens is 476 g/mol. The van der Waals surface area contributed by atoms with E-state index in [0.717, 1.165) is 50.2 Å². The molecule has 186 valence electrons. The van der Waals surface area contributed by atoms with Crippen LogP contribution in [-0.2, 0) is 10.0 Å². The largest absolute Gasteiger partial charge is 0.573 e. The molecule has 2 aromatic rings. The number of hydrogen-bond acceptors (Lipinski definition) is 5. The maximum Gasteiger partial charge on any atom is 0.573 e. The smallest absolute Gasteiger partial charge is 0.487 e. The minimum Gasteiger partial charge on any atom is -0.487 e. The van der Waals surface area contributed by atoms with Crippen molar-refractivity contribution in [1.29, 1.82) is 0 Å². The molecule has 0 amide bonds. The van der Waals surface area contributed by atoms with Crippen molar-refractivity contribution in [2.75, 3.05) is 26.2 Å². The van der Waals surface area contributed by atoms with Gasteiger partial charge in [-0.25, -0.2) is 12.8 Å². The van der Waals surface area contributed by atoms with Crippen molar-refractivity contribution in [2.24, 2.45) is 0 Å². The number of nitrogens with zero attached hydrogens (tertiary/aromatic N) is 2. The molecule has 34 heavy (non-hydrogen) atoms. The molecule has 0 atom stereocenters. The van der Waals surface area contributed by atoms with Crippen molar-refractivity contribution in [2.45, 2.75) is 49.1 Å². The number of likely N-dealkylation sites (tertiary alicyclic amines) is 1. The number of ether oxygens (including phenoxy) is 2. The first-order valence-electron chi connectivity index (χ1n) is 11.1. The second-order valence-corrected chi connectivity index (χ2v) is 10.4. The Labute approximate surface area is 196 Å². The second kappa shape index (κ2) is 10.1. The molecule has 2 saturated heterocycles. The maximum absolute atomic E-state index is 13.8. The summed E-state index contributed by atoms with van der Waals surface area (Å²) in [6.45, 7) is 2.24. The lowest BCUT2D eigenvalue weighted by atomic mass is 10.00. The van der Waals surface area contributed by atoms with Gasteiger partial charge < -0.3 is 14.4 Å². The molecule has 0 aliphatic carbocycles. The van der Waals surface area contributed by atoms with Crippen LogP contribution in [0.3, 0.4) is 0 Å². The van der Waals surface area contributed by atoms with E-state index < -0.39 is 22.1 Å². The normalized spacial score (nSPS) is 19.8. The van der Waals surface area contributed by atoms with Crippen LogP contribution in [0.4, 0.5) is 17.6 Å². The first kappa shape index (κ1) is 24.7. The summed E-state index contributed by atoms with van der Waals surface area (Å²) in [5, 5.41) is 0. The quantitative estimate of drug-likeness (QED) is 0.548. The van der Waals surface area contributed by atoms with Crippen molar-refractivity contribution >= 4 is 10.0 Å². The lowest BCUT2D eigenvalue weighted by Crippen LogP contribution is -2.50. The molecule has 0 bridgehead atoms. The Bertz CT molecular complexity index is 1060. The summed E-state index contributed by atoms with van der Waals surface area (Å²) in [7, 11) is -3.80. The molecule has 2 fully saturated rings. The van der Waals surface area contributed by atoms with Gasteiger partial charge in [0.05, 0.1) is 4.90 Å². The topological polar surface area (TPSA) is 59.1 Å². The van der Waals surface area contributed by atoms with Crippen LogP contribution in [0.5, 0.6) is 11.5 Å². The van der Waals surface area contributed by atoms with Crippen LogP contribution in [0.1, 0.15) is 25.7 Å². The van der Waals surface area contributed by atoms with Crippen LogP contribution in [0.25, 0.3) is 0 Å². The molecule has 2 aromatic carbocycles. The summed E-state index contributed by atoms with van der Waals surface area (Å²) in [4.78, 5) is 2.26. The summed E-state index contributed by atoms with van der Waals surface area (Å²) in [5.74, 6) is -0.578. The van der Waals surface area contributed by atoms with E-state index in [-0.39, 0.29) is 28.6 Å². The SMILES string of the molecule is O=S(=O)(c1ccc(OC(F)(F)F)cc1)N1CCC(N2CCC(Oc3ccccc3F)CC2)CC1. The summed E-state index contributed by atoms with van der Waals surface area (Å²) in [5.41, 5.74) is 0. The number of rotatable bonds is 6. The fourth-order valence-corrected chi connectivity index (χ4v) is 5.96. The molecule has 4 rings (SSSR count). The van der Waals surface area contributed by atoms with Crippen LogP contribution < -0.4 is 9.47 Å². The predicted molar refractivity (Wildman–Crippen MR) is 117 cm³/mol. The summed E-state index contributed by atoms with van der Waals surface area (Å²) >= 11 is 0. The highest BCUT2D eigenvalue weighted by atomic mass is 32.2. The van der Waals surface area contributed by atoms with Crippen LogP contribution in [0.15, 0.2) is 53.4 Å². The molecule has 0 aromatic heterocycles. The van der Waals surface area contributed by atoms with Crippen LogP contribution in [0, 0.1) is 5.82 Å². The number of alkyl halides is 3. The third-order valence-electron chi connectivity index (χ3n) is 6.24. The van der Waals surface area contributed by atoms with E-state index in [1.165, 1.54) is 10.4 Å². The van der Waals surface area contributed by atoms with Gasteiger partial charge in [0.25, 0.3) is 0 Å². The number of piperidine rings is 2. The fourth-order valence-electron chi connectivity index (χ4n) is 4.49. The fraction of sp³-hybridized carbons (Fsp3) is 0.478. The summed E-state index contributed by atoms with van der Waals surface area (Å²) < 4.78 is 87.6. The Balaban J connectivity index is 1.27. The highest BCUT2D eigenvalue weighted by Gasteiger charge is 2.34.